The average molecular weight is 333 g/mol. The highest BCUT2D eigenvalue weighted by Gasteiger charge is 2.10. The first-order valence-electron chi connectivity index (χ1n) is 6.45. The third-order valence-electron chi connectivity index (χ3n) is 3.05. The molecule has 1 atom stereocenters. The lowest BCUT2D eigenvalue weighted by Gasteiger charge is -2.15. The Labute approximate surface area is 127 Å². The predicted molar refractivity (Wildman–Crippen MR) is 85.9 cm³/mol. The van der Waals surface area contributed by atoms with Gasteiger partial charge >= 0.3 is 6.03 Å². The van der Waals surface area contributed by atoms with Crippen LogP contribution in [0.3, 0.4) is 0 Å². The molecule has 104 valence electrons. The monoisotopic (exact) mass is 332 g/mol. The second-order valence-corrected chi connectivity index (χ2v) is 5.57. The third-order valence-corrected chi connectivity index (χ3v) is 3.74. The topological polar surface area (TPSA) is 41.1 Å². The molecule has 0 bridgehead atoms. The van der Waals surface area contributed by atoms with Crippen LogP contribution in [0.2, 0.25) is 0 Å². The van der Waals surface area contributed by atoms with E-state index in [0.29, 0.717) is 0 Å². The van der Waals surface area contributed by atoms with E-state index >= 15 is 0 Å². The molecule has 0 aliphatic heterocycles. The van der Waals surface area contributed by atoms with E-state index in [1.165, 1.54) is 5.56 Å². The number of hydrogen-bond acceptors (Lipinski definition) is 1. The van der Waals surface area contributed by atoms with Crippen molar-refractivity contribution in [2.75, 3.05) is 5.32 Å². The van der Waals surface area contributed by atoms with E-state index in [4.69, 9.17) is 0 Å². The Balaban J connectivity index is 1.98. The molecule has 4 heteroatoms. The largest absolute Gasteiger partial charge is 0.331 e. The molecule has 1 unspecified atom stereocenters. The van der Waals surface area contributed by atoms with Crippen LogP contribution in [-0.2, 0) is 0 Å². The van der Waals surface area contributed by atoms with E-state index in [-0.39, 0.29) is 12.1 Å². The molecular weight excluding hydrogens is 316 g/mol. The molecule has 0 aliphatic carbocycles. The molecule has 0 aliphatic rings. The maximum absolute atomic E-state index is 12.0. The zero-order valence-electron chi connectivity index (χ0n) is 11.5. The molecule has 2 aromatic carbocycles. The zero-order valence-corrected chi connectivity index (χ0v) is 13.1. The number of rotatable bonds is 3. The molecule has 0 spiro atoms. The van der Waals surface area contributed by atoms with Gasteiger partial charge in [-0.15, -0.1) is 0 Å². The number of nitrogens with one attached hydrogen (secondary N) is 2. The summed E-state index contributed by atoms with van der Waals surface area (Å²) >= 11 is 3.40. The number of carbonyl (C=O) groups is 1. The highest BCUT2D eigenvalue weighted by molar-refractivity contribution is 9.10. The highest BCUT2D eigenvalue weighted by Crippen LogP contribution is 2.21. The van der Waals surface area contributed by atoms with Crippen LogP contribution in [0.25, 0.3) is 0 Å². The molecule has 0 saturated heterocycles. The van der Waals surface area contributed by atoms with Crippen LogP contribution in [0.1, 0.15) is 24.1 Å². The number of anilines is 1. The van der Waals surface area contributed by atoms with Gasteiger partial charge in [-0.05, 0) is 47.5 Å². The van der Waals surface area contributed by atoms with Crippen molar-refractivity contribution >= 4 is 27.6 Å². The summed E-state index contributed by atoms with van der Waals surface area (Å²) in [4.78, 5) is 12.0. The van der Waals surface area contributed by atoms with E-state index in [1.807, 2.05) is 62.4 Å². The number of para-hydroxylation sites is 1. The van der Waals surface area contributed by atoms with Gasteiger partial charge in [-0.25, -0.2) is 4.79 Å². The molecule has 20 heavy (non-hydrogen) atoms. The first kappa shape index (κ1) is 14.6. The second kappa shape index (κ2) is 6.57. The minimum absolute atomic E-state index is 0.0434. The summed E-state index contributed by atoms with van der Waals surface area (Å²) in [5, 5.41) is 5.75. The van der Waals surface area contributed by atoms with Crippen molar-refractivity contribution < 1.29 is 4.79 Å². The Bertz CT molecular complexity index is 596. The summed E-state index contributed by atoms with van der Waals surface area (Å²) in [6.45, 7) is 4.01. The normalized spacial score (nSPS) is 11.8. The highest BCUT2D eigenvalue weighted by atomic mass is 79.9. The molecule has 0 saturated carbocycles. The predicted octanol–water partition coefficient (Wildman–Crippen LogP) is 4.64. The van der Waals surface area contributed by atoms with Crippen LogP contribution in [0.15, 0.2) is 53.0 Å². The molecule has 2 aromatic rings. The van der Waals surface area contributed by atoms with Crippen molar-refractivity contribution in [3.05, 3.63) is 64.1 Å². The van der Waals surface area contributed by atoms with Crippen LogP contribution in [0.4, 0.5) is 10.5 Å². The van der Waals surface area contributed by atoms with Crippen LogP contribution in [0, 0.1) is 6.92 Å². The second-order valence-electron chi connectivity index (χ2n) is 4.71. The summed E-state index contributed by atoms with van der Waals surface area (Å²) in [5.74, 6) is 0. The van der Waals surface area contributed by atoms with Crippen molar-refractivity contribution in [3.63, 3.8) is 0 Å². The number of carbonyl (C=O) groups excluding carboxylic acids is 1. The smallest absolute Gasteiger partial charge is 0.319 e. The fourth-order valence-corrected chi connectivity index (χ4v) is 2.24. The Hall–Kier alpha value is -1.81. The van der Waals surface area contributed by atoms with E-state index < -0.39 is 0 Å². The molecule has 0 fully saturated rings. The van der Waals surface area contributed by atoms with Gasteiger partial charge in [0.1, 0.15) is 0 Å². The summed E-state index contributed by atoms with van der Waals surface area (Å²) in [5.41, 5.74) is 3.04. The van der Waals surface area contributed by atoms with Crippen LogP contribution in [-0.4, -0.2) is 6.03 Å². The van der Waals surface area contributed by atoms with Gasteiger partial charge in [-0.2, -0.15) is 0 Å². The quantitative estimate of drug-likeness (QED) is 0.844. The van der Waals surface area contributed by atoms with Gasteiger partial charge in [0, 0.05) is 4.47 Å². The number of benzene rings is 2. The molecule has 2 rings (SSSR count). The zero-order chi connectivity index (χ0) is 14.5. The minimum Gasteiger partial charge on any atom is -0.331 e. The van der Waals surface area contributed by atoms with Gasteiger partial charge in [-0.1, -0.05) is 42.0 Å². The standard InChI is InChI=1S/C16H17BrN2O/c1-11-7-9-13(10-8-11)12(2)18-16(20)19-15-6-4-3-5-14(15)17/h3-10,12H,1-2H3,(H2,18,19,20). The summed E-state index contributed by atoms with van der Waals surface area (Å²) < 4.78 is 0.859. The molecule has 0 radical (unpaired) electrons. The number of hydrogen-bond donors (Lipinski definition) is 2. The first-order valence-corrected chi connectivity index (χ1v) is 7.24. The van der Waals surface area contributed by atoms with Crippen molar-refractivity contribution in [1.29, 1.82) is 0 Å². The van der Waals surface area contributed by atoms with Gasteiger partial charge in [-0.3, -0.25) is 0 Å². The minimum atomic E-state index is -0.218. The number of aryl methyl sites for hydroxylation is 1. The van der Waals surface area contributed by atoms with E-state index in [1.54, 1.807) is 0 Å². The molecule has 2 N–H and O–H groups in total. The van der Waals surface area contributed by atoms with E-state index in [9.17, 15) is 4.79 Å². The van der Waals surface area contributed by atoms with Gasteiger partial charge in [0.2, 0.25) is 0 Å². The SMILES string of the molecule is Cc1ccc(C(C)NC(=O)Nc2ccccc2Br)cc1. The summed E-state index contributed by atoms with van der Waals surface area (Å²) in [6.07, 6.45) is 0. The Morgan fingerprint density at radius 1 is 1.10 bits per heavy atom. The number of halogens is 1. The maximum Gasteiger partial charge on any atom is 0.319 e. The van der Waals surface area contributed by atoms with Crippen molar-refractivity contribution in [2.24, 2.45) is 0 Å². The molecule has 0 heterocycles. The molecule has 3 nitrogen and oxygen atoms in total. The van der Waals surface area contributed by atoms with Crippen LogP contribution < -0.4 is 10.6 Å². The van der Waals surface area contributed by atoms with E-state index in [2.05, 4.69) is 26.6 Å². The first-order chi connectivity index (χ1) is 9.56. The van der Waals surface area contributed by atoms with Crippen molar-refractivity contribution in [2.45, 2.75) is 19.9 Å². The summed E-state index contributed by atoms with van der Waals surface area (Å²) in [7, 11) is 0. The Morgan fingerprint density at radius 2 is 1.75 bits per heavy atom. The van der Waals surface area contributed by atoms with Crippen molar-refractivity contribution in [3.8, 4) is 0 Å². The van der Waals surface area contributed by atoms with Crippen LogP contribution in [0.5, 0.6) is 0 Å². The fraction of sp³-hybridized carbons (Fsp3) is 0.188. The molecular formula is C16H17BrN2O. The lowest BCUT2D eigenvalue weighted by Crippen LogP contribution is -2.31. The van der Waals surface area contributed by atoms with Crippen molar-refractivity contribution in [1.82, 2.24) is 5.32 Å². The average Bonchev–Trinajstić information content (AvgIpc) is 2.42. The van der Waals surface area contributed by atoms with Gasteiger partial charge in [0.25, 0.3) is 0 Å². The molecule has 0 aromatic heterocycles. The van der Waals surface area contributed by atoms with Gasteiger partial charge in [0.15, 0.2) is 0 Å². The van der Waals surface area contributed by atoms with Crippen LogP contribution >= 0.6 is 15.9 Å². The lowest BCUT2D eigenvalue weighted by molar-refractivity contribution is 0.249. The molecule has 2 amide bonds. The maximum atomic E-state index is 12.0. The van der Waals surface area contributed by atoms with E-state index in [0.717, 1.165) is 15.7 Å². The van der Waals surface area contributed by atoms with Gasteiger partial charge in [0.05, 0.1) is 11.7 Å². The Kier molecular flexibility index (Phi) is 4.79. The third kappa shape index (κ3) is 3.84. The fourth-order valence-electron chi connectivity index (χ4n) is 1.86. The van der Waals surface area contributed by atoms with Gasteiger partial charge < -0.3 is 10.6 Å². The summed E-state index contributed by atoms with van der Waals surface area (Å²) in [6, 6.07) is 15.4. The lowest BCUT2D eigenvalue weighted by atomic mass is 10.1. The number of urea groups is 1. The number of amides is 2. The Morgan fingerprint density at radius 3 is 2.40 bits per heavy atom.